The Morgan fingerprint density at radius 2 is 1.96 bits per heavy atom. The summed E-state index contributed by atoms with van der Waals surface area (Å²) in [6.07, 6.45) is 0.539. The number of morpholine rings is 1. The predicted octanol–water partition coefficient (Wildman–Crippen LogP) is 0.376. The van der Waals surface area contributed by atoms with Crippen molar-refractivity contribution < 1.29 is 24.2 Å². The van der Waals surface area contributed by atoms with E-state index in [0.29, 0.717) is 32.1 Å². The van der Waals surface area contributed by atoms with E-state index in [2.05, 4.69) is 5.32 Å². The Morgan fingerprint density at radius 1 is 1.21 bits per heavy atom. The molecule has 2 rings (SSSR count). The van der Waals surface area contributed by atoms with E-state index in [1.165, 1.54) is 0 Å². The molecule has 0 spiro atoms. The van der Waals surface area contributed by atoms with Crippen LogP contribution in [0.5, 0.6) is 0 Å². The second-order valence-corrected chi connectivity index (χ2v) is 6.85. The van der Waals surface area contributed by atoms with Crippen molar-refractivity contribution in [2.75, 3.05) is 39.3 Å². The molecule has 2 saturated heterocycles. The second kappa shape index (κ2) is 8.32. The van der Waals surface area contributed by atoms with Gasteiger partial charge in [0.2, 0.25) is 5.91 Å². The fourth-order valence-electron chi connectivity index (χ4n) is 3.02. The van der Waals surface area contributed by atoms with Crippen LogP contribution in [-0.2, 0) is 14.3 Å². The number of piperidine rings is 1. The van der Waals surface area contributed by atoms with Crippen molar-refractivity contribution in [2.45, 2.75) is 32.8 Å². The van der Waals surface area contributed by atoms with Gasteiger partial charge in [-0.3, -0.25) is 4.79 Å². The third kappa shape index (κ3) is 4.83. The number of ether oxygens (including phenoxy) is 1. The molecule has 0 aliphatic carbocycles. The summed E-state index contributed by atoms with van der Waals surface area (Å²) >= 11 is 0. The third-order valence-corrected chi connectivity index (χ3v) is 4.37. The minimum atomic E-state index is -1.05. The molecule has 2 fully saturated rings. The topological polar surface area (TPSA) is 99.2 Å². The Morgan fingerprint density at radius 3 is 2.62 bits per heavy atom. The molecule has 8 nitrogen and oxygen atoms in total. The average molecular weight is 341 g/mol. The summed E-state index contributed by atoms with van der Waals surface area (Å²) in [6.45, 7) is 6.40. The largest absolute Gasteiger partial charge is 0.479 e. The van der Waals surface area contributed by atoms with Crippen molar-refractivity contribution in [3.05, 3.63) is 0 Å². The minimum absolute atomic E-state index is 0.0736. The molecule has 2 aliphatic heterocycles. The van der Waals surface area contributed by atoms with Gasteiger partial charge in [-0.25, -0.2) is 9.59 Å². The lowest BCUT2D eigenvalue weighted by molar-refractivity contribution is -0.161. The number of likely N-dealkylation sites (tertiary alicyclic amines) is 1. The van der Waals surface area contributed by atoms with Gasteiger partial charge in [0.05, 0.1) is 19.1 Å². The molecule has 2 aliphatic rings. The maximum atomic E-state index is 12.7. The number of nitrogens with zero attached hydrogens (tertiary/aromatic N) is 2. The van der Waals surface area contributed by atoms with Gasteiger partial charge >= 0.3 is 12.0 Å². The highest BCUT2D eigenvalue weighted by molar-refractivity contribution is 5.82. The Kier molecular flexibility index (Phi) is 6.42. The fourth-order valence-corrected chi connectivity index (χ4v) is 3.02. The Hall–Kier alpha value is -1.83. The molecule has 136 valence electrons. The third-order valence-electron chi connectivity index (χ3n) is 4.37. The van der Waals surface area contributed by atoms with Crippen LogP contribution in [0.15, 0.2) is 0 Å². The number of urea groups is 1. The number of rotatable bonds is 4. The van der Waals surface area contributed by atoms with Crippen LogP contribution in [0.4, 0.5) is 4.79 Å². The van der Waals surface area contributed by atoms with Crippen LogP contribution in [0.1, 0.15) is 26.7 Å². The first kappa shape index (κ1) is 18.5. The first-order chi connectivity index (χ1) is 11.4. The lowest BCUT2D eigenvalue weighted by Gasteiger charge is -2.37. The zero-order valence-electron chi connectivity index (χ0n) is 14.4. The molecule has 24 heavy (non-hydrogen) atoms. The smallest absolute Gasteiger partial charge is 0.334 e. The number of carbonyl (C=O) groups is 3. The number of hydrogen-bond donors (Lipinski definition) is 2. The van der Waals surface area contributed by atoms with E-state index >= 15 is 0 Å². The number of aliphatic carboxylic acids is 1. The van der Waals surface area contributed by atoms with Gasteiger partial charge in [0.25, 0.3) is 0 Å². The lowest BCUT2D eigenvalue weighted by atomic mass is 9.96. The summed E-state index contributed by atoms with van der Waals surface area (Å²) < 4.78 is 5.15. The Balaban J connectivity index is 1.90. The highest BCUT2D eigenvalue weighted by atomic mass is 16.5. The van der Waals surface area contributed by atoms with Gasteiger partial charge in [0.1, 0.15) is 0 Å². The zero-order valence-corrected chi connectivity index (χ0v) is 14.4. The molecule has 0 saturated carbocycles. The van der Waals surface area contributed by atoms with Crippen molar-refractivity contribution >= 4 is 17.9 Å². The van der Waals surface area contributed by atoms with Gasteiger partial charge in [0.15, 0.2) is 6.10 Å². The van der Waals surface area contributed by atoms with Crippen LogP contribution >= 0.6 is 0 Å². The lowest BCUT2D eigenvalue weighted by Crippen LogP contribution is -2.54. The predicted molar refractivity (Wildman–Crippen MR) is 86.5 cm³/mol. The van der Waals surface area contributed by atoms with Gasteiger partial charge < -0.3 is 25.0 Å². The summed E-state index contributed by atoms with van der Waals surface area (Å²) in [4.78, 5) is 39.1. The summed E-state index contributed by atoms with van der Waals surface area (Å²) in [6, 6.07) is -0.133. The molecule has 0 bridgehead atoms. The van der Waals surface area contributed by atoms with Crippen molar-refractivity contribution in [3.8, 4) is 0 Å². The van der Waals surface area contributed by atoms with Crippen molar-refractivity contribution in [1.82, 2.24) is 15.1 Å². The molecule has 2 N–H and O–H groups in total. The van der Waals surface area contributed by atoms with Crippen LogP contribution in [0.2, 0.25) is 0 Å². The molecular weight excluding hydrogens is 314 g/mol. The van der Waals surface area contributed by atoms with Gasteiger partial charge in [-0.2, -0.15) is 0 Å². The van der Waals surface area contributed by atoms with Crippen LogP contribution in [0.25, 0.3) is 0 Å². The first-order valence-corrected chi connectivity index (χ1v) is 8.54. The Labute approximate surface area is 142 Å². The van der Waals surface area contributed by atoms with Gasteiger partial charge in [-0.1, -0.05) is 13.8 Å². The molecule has 2 heterocycles. The van der Waals surface area contributed by atoms with Crippen LogP contribution in [0, 0.1) is 11.8 Å². The monoisotopic (exact) mass is 341 g/mol. The number of carboxylic acids is 1. The van der Waals surface area contributed by atoms with Crippen molar-refractivity contribution in [2.24, 2.45) is 11.8 Å². The van der Waals surface area contributed by atoms with Crippen LogP contribution in [0.3, 0.4) is 0 Å². The number of carboxylic acid groups (broad SMARTS) is 1. The van der Waals surface area contributed by atoms with Crippen LogP contribution in [-0.4, -0.2) is 78.2 Å². The van der Waals surface area contributed by atoms with Gasteiger partial charge in [0, 0.05) is 26.2 Å². The zero-order chi connectivity index (χ0) is 17.7. The molecule has 3 amide bonds. The van der Waals surface area contributed by atoms with E-state index in [9.17, 15) is 14.4 Å². The maximum Gasteiger partial charge on any atom is 0.334 e. The van der Waals surface area contributed by atoms with E-state index < -0.39 is 12.1 Å². The molecule has 8 heteroatoms. The first-order valence-electron chi connectivity index (χ1n) is 8.54. The highest BCUT2D eigenvalue weighted by Crippen LogP contribution is 2.20. The number of amides is 3. The van der Waals surface area contributed by atoms with Crippen molar-refractivity contribution in [3.63, 3.8) is 0 Å². The van der Waals surface area contributed by atoms with Crippen LogP contribution < -0.4 is 5.32 Å². The quantitative estimate of drug-likeness (QED) is 0.770. The fraction of sp³-hybridized carbons (Fsp3) is 0.812. The molecule has 0 aromatic rings. The summed E-state index contributed by atoms with van der Waals surface area (Å²) in [7, 11) is 0. The maximum absolute atomic E-state index is 12.7. The van der Waals surface area contributed by atoms with Gasteiger partial charge in [-0.05, 0) is 18.8 Å². The Bertz CT molecular complexity index is 482. The molecule has 0 aromatic carbocycles. The normalized spacial score (nSPS) is 24.8. The van der Waals surface area contributed by atoms with E-state index in [4.69, 9.17) is 9.84 Å². The average Bonchev–Trinajstić information content (AvgIpc) is 2.59. The van der Waals surface area contributed by atoms with Crippen molar-refractivity contribution in [1.29, 1.82) is 0 Å². The molecule has 2 atom stereocenters. The van der Waals surface area contributed by atoms with E-state index in [0.717, 1.165) is 12.8 Å². The molecular formula is C16H27N3O5. The minimum Gasteiger partial charge on any atom is -0.479 e. The second-order valence-electron chi connectivity index (χ2n) is 6.85. The summed E-state index contributed by atoms with van der Waals surface area (Å²) in [5, 5.41) is 11.9. The highest BCUT2D eigenvalue weighted by Gasteiger charge is 2.35. The molecule has 0 aromatic heterocycles. The van der Waals surface area contributed by atoms with Gasteiger partial charge in [-0.15, -0.1) is 0 Å². The number of nitrogens with one attached hydrogen (secondary N) is 1. The standard InChI is InChI=1S/C16H27N3O5/c1-11(2)8-17-16(23)19-5-3-4-12(9-19)14(20)18-6-7-24-13(10-18)15(21)22/h11-13H,3-10H2,1-2H3,(H,17,23)(H,21,22). The van der Waals surface area contributed by atoms with E-state index in [1.54, 1.807) is 9.80 Å². The number of carbonyl (C=O) groups excluding carboxylic acids is 2. The summed E-state index contributed by atoms with van der Waals surface area (Å²) in [5.41, 5.74) is 0. The SMILES string of the molecule is CC(C)CNC(=O)N1CCCC(C(=O)N2CCOC(C(=O)O)C2)C1. The van der Waals surface area contributed by atoms with E-state index in [1.807, 2.05) is 13.8 Å². The van der Waals surface area contributed by atoms with E-state index in [-0.39, 0.29) is 31.0 Å². The summed E-state index contributed by atoms with van der Waals surface area (Å²) in [5.74, 6) is -1.02. The molecule has 0 radical (unpaired) electrons. The molecule has 2 unspecified atom stereocenters. The number of hydrogen-bond acceptors (Lipinski definition) is 4.